The number of hydrogen-bond acceptors (Lipinski definition) is 1. The van der Waals surface area contributed by atoms with Gasteiger partial charge in [-0.15, -0.1) is 0 Å². The maximum Gasteiger partial charge on any atom is 0.416 e. The zero-order valence-electron chi connectivity index (χ0n) is 10.6. The van der Waals surface area contributed by atoms with Gasteiger partial charge in [-0.05, 0) is 41.7 Å². The Kier molecular flexibility index (Phi) is 2.87. The van der Waals surface area contributed by atoms with E-state index in [1.165, 1.54) is 6.07 Å². The quantitative estimate of drug-likeness (QED) is 0.839. The fraction of sp³-hybridized carbons (Fsp3) is 0.250. The minimum absolute atomic E-state index is 0.303. The van der Waals surface area contributed by atoms with Crippen LogP contribution in [0.15, 0.2) is 48.5 Å². The largest absolute Gasteiger partial charge is 0.416 e. The van der Waals surface area contributed by atoms with Crippen LogP contribution in [0.3, 0.4) is 0 Å². The Labute approximate surface area is 114 Å². The van der Waals surface area contributed by atoms with Gasteiger partial charge >= 0.3 is 6.18 Å². The van der Waals surface area contributed by atoms with E-state index in [1.807, 2.05) is 12.1 Å². The number of halogens is 3. The third kappa shape index (κ3) is 2.00. The second-order valence-electron chi connectivity index (χ2n) is 5.10. The number of aliphatic hydroxyl groups is 1. The summed E-state index contributed by atoms with van der Waals surface area (Å²) in [7, 11) is 0. The second-order valence-corrected chi connectivity index (χ2v) is 5.10. The van der Waals surface area contributed by atoms with E-state index < -0.39 is 17.3 Å². The first-order chi connectivity index (χ1) is 9.41. The molecule has 3 rings (SSSR count). The maximum absolute atomic E-state index is 12.8. The standard InChI is InChI=1S/C16H13F3O/c17-16(18,19)13-6-3-5-12(10-13)15(20)9-8-11-4-1-2-7-14(11)15/h1-7,10,20H,8-9H2. The summed E-state index contributed by atoms with van der Waals surface area (Å²) in [5, 5.41) is 10.8. The van der Waals surface area contributed by atoms with Gasteiger partial charge in [0, 0.05) is 0 Å². The van der Waals surface area contributed by atoms with Crippen LogP contribution < -0.4 is 0 Å². The van der Waals surface area contributed by atoms with Crippen LogP contribution in [0.4, 0.5) is 13.2 Å². The molecule has 0 bridgehead atoms. The molecule has 1 aliphatic carbocycles. The smallest absolute Gasteiger partial charge is 0.380 e. The zero-order valence-corrected chi connectivity index (χ0v) is 10.6. The molecule has 1 aliphatic rings. The molecule has 20 heavy (non-hydrogen) atoms. The van der Waals surface area contributed by atoms with E-state index in [1.54, 1.807) is 18.2 Å². The molecule has 0 aromatic heterocycles. The van der Waals surface area contributed by atoms with Crippen molar-refractivity contribution >= 4 is 0 Å². The van der Waals surface area contributed by atoms with Gasteiger partial charge in [-0.2, -0.15) is 13.2 Å². The van der Waals surface area contributed by atoms with Crippen molar-refractivity contribution in [3.8, 4) is 0 Å². The van der Waals surface area contributed by atoms with E-state index in [9.17, 15) is 18.3 Å². The minimum atomic E-state index is -4.40. The summed E-state index contributed by atoms with van der Waals surface area (Å²) in [6, 6.07) is 12.3. The number of fused-ring (bicyclic) bond motifs is 1. The van der Waals surface area contributed by atoms with Crippen molar-refractivity contribution in [3.63, 3.8) is 0 Å². The van der Waals surface area contributed by atoms with Crippen molar-refractivity contribution in [3.05, 3.63) is 70.8 Å². The molecule has 1 N–H and O–H groups in total. The number of aryl methyl sites for hydroxylation is 1. The topological polar surface area (TPSA) is 20.2 Å². The minimum Gasteiger partial charge on any atom is -0.380 e. The molecule has 2 aromatic rings. The van der Waals surface area contributed by atoms with Crippen LogP contribution in [0, 0.1) is 0 Å². The van der Waals surface area contributed by atoms with Crippen LogP contribution in [-0.2, 0) is 18.2 Å². The summed E-state index contributed by atoms with van der Waals surface area (Å²) >= 11 is 0. The lowest BCUT2D eigenvalue weighted by atomic mass is 9.87. The highest BCUT2D eigenvalue weighted by Crippen LogP contribution is 2.43. The van der Waals surface area contributed by atoms with Gasteiger partial charge in [0.05, 0.1) is 5.56 Å². The van der Waals surface area contributed by atoms with Gasteiger partial charge < -0.3 is 5.11 Å². The molecule has 1 atom stereocenters. The van der Waals surface area contributed by atoms with Crippen molar-refractivity contribution in [2.45, 2.75) is 24.6 Å². The third-order valence-electron chi connectivity index (χ3n) is 3.89. The molecule has 0 aliphatic heterocycles. The van der Waals surface area contributed by atoms with Gasteiger partial charge in [-0.3, -0.25) is 0 Å². The molecule has 0 radical (unpaired) electrons. The number of alkyl halides is 3. The molecule has 0 spiro atoms. The Morgan fingerprint density at radius 3 is 2.50 bits per heavy atom. The average molecular weight is 278 g/mol. The van der Waals surface area contributed by atoms with Gasteiger partial charge in [0.25, 0.3) is 0 Å². The summed E-state index contributed by atoms with van der Waals surface area (Å²) in [5.41, 5.74) is -0.0467. The van der Waals surface area contributed by atoms with Crippen LogP contribution in [0.5, 0.6) is 0 Å². The van der Waals surface area contributed by atoms with Crippen LogP contribution in [0.1, 0.15) is 28.7 Å². The molecule has 104 valence electrons. The Hall–Kier alpha value is -1.81. The number of benzene rings is 2. The molecule has 0 fully saturated rings. The highest BCUT2D eigenvalue weighted by Gasteiger charge is 2.39. The van der Waals surface area contributed by atoms with Gasteiger partial charge in [0.2, 0.25) is 0 Å². The summed E-state index contributed by atoms with van der Waals surface area (Å²) in [6.45, 7) is 0. The fourth-order valence-corrected chi connectivity index (χ4v) is 2.84. The van der Waals surface area contributed by atoms with Gasteiger partial charge in [0.15, 0.2) is 0 Å². The molecule has 0 saturated carbocycles. The molecular weight excluding hydrogens is 265 g/mol. The predicted molar refractivity (Wildman–Crippen MR) is 69.2 cm³/mol. The Morgan fingerprint density at radius 1 is 1.00 bits per heavy atom. The lowest BCUT2D eigenvalue weighted by Gasteiger charge is -2.25. The highest BCUT2D eigenvalue weighted by atomic mass is 19.4. The zero-order chi connectivity index (χ0) is 14.4. The lowest BCUT2D eigenvalue weighted by Crippen LogP contribution is -2.24. The Balaban J connectivity index is 2.10. The van der Waals surface area contributed by atoms with Crippen LogP contribution in [-0.4, -0.2) is 5.11 Å². The summed E-state index contributed by atoms with van der Waals surface area (Å²) in [5.74, 6) is 0. The second kappa shape index (κ2) is 4.35. The van der Waals surface area contributed by atoms with Crippen molar-refractivity contribution in [1.29, 1.82) is 0 Å². The van der Waals surface area contributed by atoms with E-state index >= 15 is 0 Å². The molecule has 1 unspecified atom stereocenters. The summed E-state index contributed by atoms with van der Waals surface area (Å²) in [6.07, 6.45) is -3.32. The normalized spacial score (nSPS) is 21.8. The van der Waals surface area contributed by atoms with Crippen LogP contribution in [0.2, 0.25) is 0 Å². The monoisotopic (exact) mass is 278 g/mol. The van der Waals surface area contributed by atoms with Crippen LogP contribution >= 0.6 is 0 Å². The van der Waals surface area contributed by atoms with Crippen molar-refractivity contribution in [1.82, 2.24) is 0 Å². The van der Waals surface area contributed by atoms with Gasteiger partial charge in [-0.25, -0.2) is 0 Å². The SMILES string of the molecule is OC1(c2cccc(C(F)(F)F)c2)CCc2ccccc21. The fourth-order valence-electron chi connectivity index (χ4n) is 2.84. The average Bonchev–Trinajstić information content (AvgIpc) is 2.78. The Morgan fingerprint density at radius 2 is 1.75 bits per heavy atom. The van der Waals surface area contributed by atoms with Gasteiger partial charge in [-0.1, -0.05) is 36.4 Å². The predicted octanol–water partition coefficient (Wildman–Crippen LogP) is 3.89. The highest BCUT2D eigenvalue weighted by molar-refractivity contribution is 5.46. The molecule has 1 nitrogen and oxygen atoms in total. The first kappa shape index (κ1) is 13.2. The summed E-state index contributed by atoms with van der Waals surface area (Å²) in [4.78, 5) is 0. The van der Waals surface area contributed by atoms with E-state index in [2.05, 4.69) is 0 Å². The van der Waals surface area contributed by atoms with Crippen LogP contribution in [0.25, 0.3) is 0 Å². The molecule has 0 saturated heterocycles. The first-order valence-corrected chi connectivity index (χ1v) is 6.40. The maximum atomic E-state index is 12.8. The van der Waals surface area contributed by atoms with E-state index in [4.69, 9.17) is 0 Å². The van der Waals surface area contributed by atoms with E-state index in [-0.39, 0.29) is 0 Å². The van der Waals surface area contributed by atoms with Gasteiger partial charge in [0.1, 0.15) is 5.60 Å². The van der Waals surface area contributed by atoms with Crippen molar-refractivity contribution < 1.29 is 18.3 Å². The molecule has 0 heterocycles. The van der Waals surface area contributed by atoms with E-state index in [0.29, 0.717) is 24.0 Å². The third-order valence-corrected chi connectivity index (χ3v) is 3.89. The Bertz CT molecular complexity index is 648. The lowest BCUT2D eigenvalue weighted by molar-refractivity contribution is -0.137. The van der Waals surface area contributed by atoms with Crippen molar-refractivity contribution in [2.24, 2.45) is 0 Å². The number of hydrogen-bond donors (Lipinski definition) is 1. The molecule has 4 heteroatoms. The summed E-state index contributed by atoms with van der Waals surface area (Å²) < 4.78 is 38.4. The molecular formula is C16H13F3O. The van der Waals surface area contributed by atoms with Crippen molar-refractivity contribution in [2.75, 3.05) is 0 Å². The first-order valence-electron chi connectivity index (χ1n) is 6.40. The van der Waals surface area contributed by atoms with E-state index in [0.717, 1.165) is 17.7 Å². The number of rotatable bonds is 1. The molecule has 2 aromatic carbocycles. The molecule has 0 amide bonds.